The van der Waals surface area contributed by atoms with Crippen LogP contribution in [0, 0.1) is 11.8 Å². The summed E-state index contributed by atoms with van der Waals surface area (Å²) in [5.74, 6) is -4.96. The van der Waals surface area contributed by atoms with Crippen molar-refractivity contribution in [1.29, 1.82) is 0 Å². The zero-order chi connectivity index (χ0) is 49.5. The monoisotopic (exact) mass is 938 g/mol. The maximum absolute atomic E-state index is 12.9. The molecule has 0 bridgehead atoms. The summed E-state index contributed by atoms with van der Waals surface area (Å²) >= 11 is 0. The van der Waals surface area contributed by atoms with Gasteiger partial charge in [0.05, 0.1) is 24.9 Å². The Morgan fingerprint density at radius 1 is 0.864 bits per heavy atom. The lowest BCUT2D eigenvalue weighted by atomic mass is 9.86. The number of carbonyl (C=O) groups excluding carboxylic acids is 5. The third kappa shape index (κ3) is 25.1. The predicted octanol–water partition coefficient (Wildman–Crippen LogP) is 8.64. The molecule has 2 N–H and O–H groups in total. The average molecular weight is 938 g/mol. The zero-order valence-corrected chi connectivity index (χ0v) is 42.2. The van der Waals surface area contributed by atoms with E-state index in [2.05, 4.69) is 17.7 Å². The van der Waals surface area contributed by atoms with Crippen molar-refractivity contribution in [2.24, 2.45) is 11.8 Å². The van der Waals surface area contributed by atoms with Crippen LogP contribution < -0.4 is 0 Å². The van der Waals surface area contributed by atoms with Gasteiger partial charge in [0, 0.05) is 67.3 Å². The molecule has 14 heteroatoms. The quantitative estimate of drug-likeness (QED) is 0.0512. The molecule has 0 spiro atoms. The Balaban J connectivity index is 0. The van der Waals surface area contributed by atoms with Crippen molar-refractivity contribution in [2.45, 2.75) is 195 Å². The molecule has 382 valence electrons. The van der Waals surface area contributed by atoms with E-state index in [4.69, 9.17) is 23.7 Å². The Labute approximate surface area is 398 Å². The average Bonchev–Trinajstić information content (AvgIpc) is 3.28. The molecule has 7 atom stereocenters. The van der Waals surface area contributed by atoms with Gasteiger partial charge in [0.1, 0.15) is 24.0 Å². The molecule has 3 rings (SSSR count). The van der Waals surface area contributed by atoms with Gasteiger partial charge < -0.3 is 43.5 Å². The molecule has 0 aromatic rings. The second-order valence-electron chi connectivity index (χ2n) is 17.7. The van der Waals surface area contributed by atoms with Gasteiger partial charge in [-0.05, 0) is 97.5 Å². The summed E-state index contributed by atoms with van der Waals surface area (Å²) < 4.78 is 30.5. The van der Waals surface area contributed by atoms with Crippen molar-refractivity contribution >= 4 is 29.2 Å². The highest BCUT2D eigenvalue weighted by Gasteiger charge is 2.52. The molecule has 2 aliphatic heterocycles. The standard InChI is InChI=1S/C23H36O4.C19H31NO7.C7H14O.C2H6O.CH4/c1-7-20(24)15-14-19(5)22(26)23(27-6)21(25)16-13-18(4)12-10-8-9-11-17(2)3;1-12(2)26-18(23)15-7-5-6-10-20(15)17(22)16(21)19(24)13(3)8-9-14(27-19)11-25-4;1-8-7-5-3-2-4-6-7;1-3-2;/h8-12,14,18,22-23,26H,7,13,15-16H2,1-6H3;12-15,24H,5-11H2,1-4H3;7H,2-6H2,1H3;1-2H3;1H4/b9-8+,12-10+,19-14+;;;;/t18-,22-,23?;;;;/m1..../s1. The van der Waals surface area contributed by atoms with Crippen LogP contribution in [0.2, 0.25) is 0 Å². The topological polar surface area (TPSA) is 184 Å². The van der Waals surface area contributed by atoms with E-state index in [1.165, 1.54) is 56.8 Å². The lowest BCUT2D eigenvalue weighted by Gasteiger charge is -2.41. The number of aliphatic hydroxyl groups excluding tert-OH is 1. The Bertz CT molecular complexity index is 1510. The van der Waals surface area contributed by atoms with Crippen molar-refractivity contribution in [1.82, 2.24) is 4.90 Å². The number of methoxy groups -OCH3 is 4. The van der Waals surface area contributed by atoms with Crippen LogP contribution >= 0.6 is 0 Å². The fourth-order valence-corrected chi connectivity index (χ4v) is 7.35. The molecule has 0 radical (unpaired) electrons. The van der Waals surface area contributed by atoms with Gasteiger partial charge >= 0.3 is 5.97 Å². The number of nitrogens with zero attached hydrogens (tertiary/aromatic N) is 1. The number of Topliss-reactive ketones (excluding diaryl/α,β-unsaturated/α-hetero) is 3. The molecule has 3 fully saturated rings. The van der Waals surface area contributed by atoms with E-state index < -0.39 is 53.7 Å². The molecule has 2 saturated heterocycles. The number of carbonyl (C=O) groups is 5. The number of piperidine rings is 1. The fraction of sp³-hybridized carbons (Fsp3) is 0.750. The van der Waals surface area contributed by atoms with Crippen LogP contribution in [0.1, 0.15) is 153 Å². The highest BCUT2D eigenvalue weighted by atomic mass is 16.6. The second-order valence-corrected chi connectivity index (χ2v) is 17.7. The first-order chi connectivity index (χ1) is 30.8. The number of ketones is 3. The van der Waals surface area contributed by atoms with Crippen LogP contribution in [0.4, 0.5) is 0 Å². The van der Waals surface area contributed by atoms with Crippen LogP contribution in [-0.2, 0) is 52.4 Å². The summed E-state index contributed by atoms with van der Waals surface area (Å²) in [5, 5.41) is 21.3. The van der Waals surface area contributed by atoms with Crippen molar-refractivity contribution in [2.75, 3.05) is 48.7 Å². The molecule has 3 aliphatic rings. The predicted molar refractivity (Wildman–Crippen MR) is 261 cm³/mol. The summed E-state index contributed by atoms with van der Waals surface area (Å²) in [7, 11) is 8.00. The van der Waals surface area contributed by atoms with Gasteiger partial charge in [-0.3, -0.25) is 19.2 Å². The minimum Gasteiger partial charge on any atom is -0.461 e. The van der Waals surface area contributed by atoms with Crippen molar-refractivity contribution in [3.05, 3.63) is 47.6 Å². The summed E-state index contributed by atoms with van der Waals surface area (Å²) in [6.45, 7) is 15.3. The largest absolute Gasteiger partial charge is 0.461 e. The first kappa shape index (κ1) is 64.7. The first-order valence-electron chi connectivity index (χ1n) is 23.6. The Morgan fingerprint density at radius 3 is 2.02 bits per heavy atom. The van der Waals surface area contributed by atoms with E-state index >= 15 is 0 Å². The number of amides is 1. The van der Waals surface area contributed by atoms with Crippen molar-refractivity contribution in [3.63, 3.8) is 0 Å². The van der Waals surface area contributed by atoms with E-state index in [0.717, 1.165) is 6.42 Å². The second kappa shape index (κ2) is 36.6. The van der Waals surface area contributed by atoms with E-state index in [0.29, 0.717) is 56.6 Å². The molecule has 1 aliphatic carbocycles. The molecule has 0 aromatic carbocycles. The Kier molecular flexibility index (Phi) is 35.9. The van der Waals surface area contributed by atoms with Gasteiger partial charge in [-0.1, -0.05) is 89.5 Å². The van der Waals surface area contributed by atoms with Gasteiger partial charge in [-0.25, -0.2) is 4.79 Å². The molecule has 1 amide bonds. The molecule has 0 aromatic heterocycles. The SMILES string of the molecule is C.CCC(=O)C/C=C(\C)[C@@H](O)C(OC)C(=O)CC[C@H](C)/C=C/C=C/C=C(C)C.COC.COC1CCCCC1.COCC1CCC(C)C(O)(C(=O)C(=O)N2CCCCC2C(=O)OC(C)C)O1. The molecule has 66 heavy (non-hydrogen) atoms. The van der Waals surface area contributed by atoms with E-state index in [1.807, 2.05) is 45.3 Å². The van der Waals surface area contributed by atoms with Crippen molar-refractivity contribution < 1.29 is 62.6 Å². The lowest BCUT2D eigenvalue weighted by molar-refractivity contribution is -0.268. The molecule has 2 heterocycles. The number of rotatable bonds is 20. The smallest absolute Gasteiger partial charge is 0.329 e. The Morgan fingerprint density at radius 2 is 1.48 bits per heavy atom. The number of allylic oxidation sites excluding steroid dienone is 7. The zero-order valence-electron chi connectivity index (χ0n) is 42.2. The number of aliphatic hydroxyl groups is 2. The highest BCUT2D eigenvalue weighted by Crippen LogP contribution is 2.34. The van der Waals surface area contributed by atoms with Gasteiger partial charge in [0.15, 0.2) is 5.78 Å². The maximum Gasteiger partial charge on any atom is 0.329 e. The number of hydrogen-bond acceptors (Lipinski definition) is 13. The Hall–Kier alpha value is -3.37. The van der Waals surface area contributed by atoms with E-state index in [9.17, 15) is 34.2 Å². The lowest BCUT2D eigenvalue weighted by Crippen LogP contribution is -2.61. The fourth-order valence-electron chi connectivity index (χ4n) is 7.35. The molecular weight excluding hydrogens is 847 g/mol. The number of hydrogen-bond donors (Lipinski definition) is 2. The third-order valence-electron chi connectivity index (χ3n) is 11.4. The summed E-state index contributed by atoms with van der Waals surface area (Å²) in [6, 6.07) is -0.810. The number of likely N-dealkylation sites (tertiary alicyclic amines) is 1. The van der Waals surface area contributed by atoms with Gasteiger partial charge in [0.2, 0.25) is 5.79 Å². The summed E-state index contributed by atoms with van der Waals surface area (Å²) in [6.07, 6.45) is 21.1. The first-order valence-corrected chi connectivity index (χ1v) is 23.6. The van der Waals surface area contributed by atoms with Gasteiger partial charge in [0.25, 0.3) is 11.7 Å². The maximum atomic E-state index is 12.9. The molecular formula is C52H91NO13. The van der Waals surface area contributed by atoms with Crippen molar-refractivity contribution in [3.8, 4) is 0 Å². The van der Waals surface area contributed by atoms with Crippen LogP contribution in [-0.4, -0.2) is 135 Å². The van der Waals surface area contributed by atoms with Crippen LogP contribution in [0.25, 0.3) is 0 Å². The number of esters is 1. The minimum absolute atomic E-state index is 0. The molecule has 14 nitrogen and oxygen atoms in total. The van der Waals surface area contributed by atoms with Gasteiger partial charge in [-0.2, -0.15) is 0 Å². The molecule has 1 saturated carbocycles. The number of ether oxygens (including phenoxy) is 6. The molecule has 5 unspecified atom stereocenters. The van der Waals surface area contributed by atoms with Gasteiger partial charge in [-0.15, -0.1) is 0 Å². The summed E-state index contributed by atoms with van der Waals surface area (Å²) in [4.78, 5) is 63.3. The third-order valence-corrected chi connectivity index (χ3v) is 11.4. The summed E-state index contributed by atoms with van der Waals surface area (Å²) in [5.41, 5.74) is 1.83. The normalized spacial score (nSPS) is 22.5. The highest BCUT2D eigenvalue weighted by molar-refractivity contribution is 6.39. The van der Waals surface area contributed by atoms with Crippen LogP contribution in [0.5, 0.6) is 0 Å². The minimum atomic E-state index is -2.21. The van der Waals surface area contributed by atoms with E-state index in [-0.39, 0.29) is 50.6 Å². The van der Waals surface area contributed by atoms with Crippen LogP contribution in [0.15, 0.2) is 47.6 Å². The van der Waals surface area contributed by atoms with E-state index in [1.54, 1.807) is 54.9 Å². The van der Waals surface area contributed by atoms with Crippen LogP contribution in [0.3, 0.4) is 0 Å².